The second-order valence-corrected chi connectivity index (χ2v) is 18.6. The van der Waals surface area contributed by atoms with Crippen LogP contribution in [0.5, 0.6) is 0 Å². The number of fused-ring (bicyclic) bond motifs is 2. The van der Waals surface area contributed by atoms with Crippen molar-refractivity contribution in [1.82, 2.24) is 0 Å². The topological polar surface area (TPSA) is 0 Å². The van der Waals surface area contributed by atoms with E-state index < -0.39 is 0 Å². The maximum atomic E-state index is 2.40. The van der Waals surface area contributed by atoms with Gasteiger partial charge in [-0.05, 0) is 36.5 Å². The molecule has 0 spiro atoms. The van der Waals surface area contributed by atoms with Crippen molar-refractivity contribution in [3.63, 3.8) is 0 Å². The summed E-state index contributed by atoms with van der Waals surface area (Å²) in [6, 6.07) is 29.7. The number of hydrogen-bond acceptors (Lipinski definition) is 0. The molecule has 0 heterocycles. The Bertz CT molecular complexity index is 1520. The summed E-state index contributed by atoms with van der Waals surface area (Å²) in [6.45, 7) is 25.0. The van der Waals surface area contributed by atoms with Crippen LogP contribution in [0.4, 0.5) is 0 Å². The van der Waals surface area contributed by atoms with E-state index in [0.717, 1.165) is 12.8 Å². The van der Waals surface area contributed by atoms with Crippen LogP contribution in [0.15, 0.2) is 78.9 Å². The Morgan fingerprint density at radius 2 is 0.956 bits per heavy atom. The van der Waals surface area contributed by atoms with Crippen molar-refractivity contribution >= 4 is 32.9 Å². The third kappa shape index (κ3) is 11.3. The third-order valence-corrected chi connectivity index (χ3v) is 11.0. The molecule has 0 saturated heterocycles. The molecule has 0 N–H and O–H groups in total. The van der Waals surface area contributed by atoms with E-state index in [2.05, 4.69) is 174 Å². The first-order valence-electron chi connectivity index (χ1n) is 16.4. The molecule has 0 fully saturated rings. The van der Waals surface area contributed by atoms with Crippen LogP contribution in [0.2, 0.25) is 6.55 Å². The fourth-order valence-corrected chi connectivity index (χ4v) is 7.06. The van der Waals surface area contributed by atoms with E-state index in [4.69, 9.17) is 0 Å². The molecule has 0 aliphatic heterocycles. The van der Waals surface area contributed by atoms with Gasteiger partial charge in [0.2, 0.25) is 0 Å². The van der Waals surface area contributed by atoms with Gasteiger partial charge in [0.25, 0.3) is 0 Å². The Morgan fingerprint density at radius 1 is 0.578 bits per heavy atom. The first kappa shape index (κ1) is 41.4. The van der Waals surface area contributed by atoms with Gasteiger partial charge in [-0.15, -0.1) is 56.9 Å². The van der Waals surface area contributed by atoms with Crippen LogP contribution in [0, 0.1) is 0 Å². The molecule has 5 aromatic rings. The number of halogens is 2. The van der Waals surface area contributed by atoms with Gasteiger partial charge in [-0.2, -0.15) is 12.1 Å². The standard InChI is InChI=1S/2C17H23.C7H8Si.2ClH.Ti/c2*1-6-13-7-15-9-14(11(2)3)10-16(12(4)5)17(15)8-13;1-8-7-5-3-2-4-6-7;;;/h2*7-12H,6H2,1-5H3;2-6H,1H3;2*1H;/q2*-1;;;;+2/p-2. The van der Waals surface area contributed by atoms with E-state index in [1.165, 1.54) is 60.1 Å². The van der Waals surface area contributed by atoms with Crippen LogP contribution < -0.4 is 30.0 Å². The molecule has 5 rings (SSSR count). The number of rotatable bonds is 7. The van der Waals surface area contributed by atoms with Crippen molar-refractivity contribution in [2.24, 2.45) is 0 Å². The van der Waals surface area contributed by atoms with Crippen LogP contribution in [0.1, 0.15) is 126 Å². The Hall–Kier alpha value is -1.61. The molecule has 0 aliphatic rings. The molecule has 0 nitrogen and oxygen atoms in total. The maximum Gasteiger partial charge on any atom is -1.00 e. The van der Waals surface area contributed by atoms with Crippen molar-refractivity contribution < 1.29 is 44.0 Å². The van der Waals surface area contributed by atoms with Crippen molar-refractivity contribution in [3.8, 4) is 0 Å². The van der Waals surface area contributed by atoms with Crippen molar-refractivity contribution in [2.45, 2.75) is 112 Å². The molecular formula is C41H54Cl2SiTi-2. The van der Waals surface area contributed by atoms with Crippen molar-refractivity contribution in [3.05, 3.63) is 112 Å². The Kier molecular flexibility index (Phi) is 17.7. The van der Waals surface area contributed by atoms with Crippen LogP contribution in [0.3, 0.4) is 0 Å². The normalized spacial score (nSPS) is 10.9. The zero-order valence-electron chi connectivity index (χ0n) is 29.5. The Balaban J connectivity index is 0.000000346. The van der Waals surface area contributed by atoms with E-state index in [0.29, 0.717) is 23.7 Å². The summed E-state index contributed by atoms with van der Waals surface area (Å²) < 4.78 is 0. The summed E-state index contributed by atoms with van der Waals surface area (Å²) in [5, 5.41) is 7.29. The van der Waals surface area contributed by atoms with Gasteiger partial charge in [0.15, 0.2) is 0 Å². The molecule has 242 valence electrons. The minimum Gasteiger partial charge on any atom is -1.00 e. The molecule has 0 radical (unpaired) electrons. The van der Waals surface area contributed by atoms with Gasteiger partial charge in [0.1, 0.15) is 0 Å². The molecule has 0 saturated carbocycles. The van der Waals surface area contributed by atoms with Crippen LogP contribution >= 0.6 is 0 Å². The van der Waals surface area contributed by atoms with E-state index in [1.54, 1.807) is 0 Å². The summed E-state index contributed by atoms with van der Waals surface area (Å²) in [7, 11) is 0. The first-order valence-corrected chi connectivity index (χ1v) is 20.8. The molecule has 0 atom stereocenters. The molecule has 0 unspecified atom stereocenters. The van der Waals surface area contributed by atoms with Gasteiger partial charge < -0.3 is 24.8 Å². The molecular weight excluding hydrogens is 639 g/mol. The van der Waals surface area contributed by atoms with E-state index in [-0.39, 0.29) is 31.0 Å². The fraction of sp³-hybridized carbons (Fsp3) is 0.415. The average molecular weight is 694 g/mol. The fourth-order valence-electron chi connectivity index (χ4n) is 5.59. The van der Waals surface area contributed by atoms with Gasteiger partial charge in [-0.25, -0.2) is 0 Å². The summed E-state index contributed by atoms with van der Waals surface area (Å²) in [4.78, 5) is 0. The zero-order chi connectivity index (χ0) is 31.8. The summed E-state index contributed by atoms with van der Waals surface area (Å²) in [6.07, 6.45) is 2.04. The molecule has 0 amide bonds. The Morgan fingerprint density at radius 3 is 1.22 bits per heavy atom. The second-order valence-electron chi connectivity index (χ2n) is 13.3. The van der Waals surface area contributed by atoms with Crippen LogP contribution in [0.25, 0.3) is 21.5 Å². The van der Waals surface area contributed by atoms with Crippen LogP contribution in [-0.4, -0.2) is 6.19 Å². The smallest absolute Gasteiger partial charge is 1.00 e. The van der Waals surface area contributed by atoms with Gasteiger partial charge in [0.05, 0.1) is 0 Å². The quantitative estimate of drug-likeness (QED) is 0.149. The average Bonchev–Trinajstić information content (AvgIpc) is 3.60. The summed E-state index contributed by atoms with van der Waals surface area (Å²) in [5.41, 5.74) is 8.87. The minimum absolute atomic E-state index is 0. The van der Waals surface area contributed by atoms with Gasteiger partial charge in [-0.1, -0.05) is 104 Å². The molecule has 45 heavy (non-hydrogen) atoms. The minimum atomic E-state index is -0.212. The largest absolute Gasteiger partial charge is 1.00 e. The third-order valence-electron chi connectivity index (χ3n) is 8.47. The summed E-state index contributed by atoms with van der Waals surface area (Å²) >= 11 is 2.31. The molecule has 4 heteroatoms. The molecule has 0 aromatic heterocycles. The van der Waals surface area contributed by atoms with E-state index >= 15 is 0 Å². The second kappa shape index (κ2) is 19.3. The molecule has 0 aliphatic carbocycles. The number of benzene rings is 3. The van der Waals surface area contributed by atoms with E-state index in [1.807, 2.05) is 0 Å². The summed E-state index contributed by atoms with van der Waals surface area (Å²) in [5.74, 6) is 2.42. The maximum absolute atomic E-state index is 2.40. The predicted molar refractivity (Wildman–Crippen MR) is 192 cm³/mol. The SMILES string of the molecule is CCc1cc2c(C(C)C)cc(C(C)C)cc2[cH-]1.CCc1cc2c(C(C)C)cc(C(C)C)cc2[cH-]1.C[Si](=[Ti+2])c1ccccc1.[Cl-].[Cl-]. The van der Waals surface area contributed by atoms with Crippen LogP contribution in [-0.2, 0) is 32.0 Å². The Labute approximate surface area is 299 Å². The van der Waals surface area contributed by atoms with Gasteiger partial charge >= 0.3 is 67.4 Å². The van der Waals surface area contributed by atoms with Gasteiger partial charge in [0, 0.05) is 0 Å². The number of aryl methyl sites for hydroxylation is 2. The monoisotopic (exact) mass is 692 g/mol. The molecule has 0 bridgehead atoms. The molecule has 5 aromatic carbocycles. The van der Waals surface area contributed by atoms with Crippen molar-refractivity contribution in [1.29, 1.82) is 0 Å². The zero-order valence-corrected chi connectivity index (χ0v) is 33.6. The first-order chi connectivity index (χ1) is 20.4. The number of hydrogen-bond donors (Lipinski definition) is 0. The van der Waals surface area contributed by atoms with E-state index in [9.17, 15) is 0 Å². The predicted octanol–water partition coefficient (Wildman–Crippen LogP) is 5.81. The van der Waals surface area contributed by atoms with Gasteiger partial charge in [-0.3, -0.25) is 0 Å². The van der Waals surface area contributed by atoms with Crippen molar-refractivity contribution in [2.75, 3.05) is 0 Å².